The van der Waals surface area contributed by atoms with Crippen molar-refractivity contribution in [1.82, 2.24) is 4.90 Å². The number of aliphatic hydroxyl groups is 1. The molecule has 2 rings (SSSR count). The number of morpholine rings is 1. The topological polar surface area (TPSA) is 85.0 Å². The molecule has 0 spiro atoms. The van der Waals surface area contributed by atoms with E-state index in [1.807, 2.05) is 0 Å². The lowest BCUT2D eigenvalue weighted by Crippen LogP contribution is -2.50. The van der Waals surface area contributed by atoms with E-state index >= 15 is 0 Å². The molecule has 1 aromatic carbocycles. The Morgan fingerprint density at radius 1 is 1.55 bits per heavy atom. The van der Waals surface area contributed by atoms with Gasteiger partial charge in [-0.1, -0.05) is 0 Å². The Balaban J connectivity index is 2.21. The molecule has 3 N–H and O–H groups in total. The summed E-state index contributed by atoms with van der Waals surface area (Å²) in [6.45, 7) is 1.63. The van der Waals surface area contributed by atoms with Gasteiger partial charge in [0.1, 0.15) is 11.6 Å². The van der Waals surface area contributed by atoms with E-state index in [2.05, 4.69) is 0 Å². The predicted molar refractivity (Wildman–Crippen MR) is 78.3 cm³/mol. The summed E-state index contributed by atoms with van der Waals surface area (Å²) in [4.78, 5) is 14.2. The number of hydrogen-bond acceptors (Lipinski definition) is 5. The van der Waals surface area contributed by atoms with Gasteiger partial charge < -0.3 is 25.2 Å². The molecule has 0 aliphatic carbocycles. The molecule has 0 radical (unpaired) electrons. The number of amides is 1. The zero-order valence-electron chi connectivity index (χ0n) is 12.3. The van der Waals surface area contributed by atoms with Crippen LogP contribution in [-0.4, -0.2) is 61.5 Å². The van der Waals surface area contributed by atoms with Gasteiger partial charge in [-0.15, -0.1) is 0 Å². The Morgan fingerprint density at radius 2 is 2.36 bits per heavy atom. The molecule has 1 atom stereocenters. The van der Waals surface area contributed by atoms with Crippen LogP contribution in [0.2, 0.25) is 0 Å². The van der Waals surface area contributed by atoms with Crippen molar-refractivity contribution in [3.63, 3.8) is 0 Å². The summed E-state index contributed by atoms with van der Waals surface area (Å²) >= 11 is 0. The molecule has 1 aromatic rings. The van der Waals surface area contributed by atoms with Crippen LogP contribution in [0.3, 0.4) is 0 Å². The zero-order chi connectivity index (χ0) is 15.9. The molecular formula is C15H21FN2O4. The van der Waals surface area contributed by atoms with Crippen LogP contribution < -0.4 is 10.5 Å². The number of benzene rings is 1. The average Bonchev–Trinajstić information content (AvgIpc) is 2.55. The molecule has 22 heavy (non-hydrogen) atoms. The lowest BCUT2D eigenvalue weighted by Gasteiger charge is -2.34. The summed E-state index contributed by atoms with van der Waals surface area (Å²) in [7, 11) is 0. The van der Waals surface area contributed by atoms with Crippen molar-refractivity contribution < 1.29 is 23.8 Å². The van der Waals surface area contributed by atoms with Gasteiger partial charge in [-0.2, -0.15) is 0 Å². The van der Waals surface area contributed by atoms with E-state index in [1.54, 1.807) is 0 Å². The van der Waals surface area contributed by atoms with Crippen LogP contribution in [0.5, 0.6) is 5.75 Å². The fourth-order valence-electron chi connectivity index (χ4n) is 2.29. The standard InChI is InChI=1S/C15H21FN2O4/c16-11-2-3-14(22-6-1-4-17)13(8-11)15(20)18-5-7-21-10-12(18)9-19/h2-3,8,12,19H,1,4-7,9-10,17H2/t12-/m1/s1. The monoisotopic (exact) mass is 312 g/mol. The molecule has 0 aromatic heterocycles. The first-order valence-corrected chi connectivity index (χ1v) is 7.29. The second-order valence-corrected chi connectivity index (χ2v) is 5.04. The van der Waals surface area contributed by atoms with Crippen LogP contribution in [-0.2, 0) is 4.74 Å². The number of aliphatic hydroxyl groups excluding tert-OH is 1. The highest BCUT2D eigenvalue weighted by Crippen LogP contribution is 2.23. The second-order valence-electron chi connectivity index (χ2n) is 5.04. The van der Waals surface area contributed by atoms with Crippen molar-refractivity contribution in [3.05, 3.63) is 29.6 Å². The molecule has 1 fully saturated rings. The summed E-state index contributed by atoms with van der Waals surface area (Å²) in [5.74, 6) is -0.559. The zero-order valence-corrected chi connectivity index (χ0v) is 12.3. The van der Waals surface area contributed by atoms with E-state index in [0.29, 0.717) is 38.5 Å². The maximum absolute atomic E-state index is 13.5. The summed E-state index contributed by atoms with van der Waals surface area (Å²) in [6, 6.07) is 3.41. The van der Waals surface area contributed by atoms with Crippen LogP contribution in [0.4, 0.5) is 4.39 Å². The number of ether oxygens (including phenoxy) is 2. The molecule has 1 heterocycles. The number of halogens is 1. The van der Waals surface area contributed by atoms with Crippen molar-refractivity contribution in [2.75, 3.05) is 39.5 Å². The lowest BCUT2D eigenvalue weighted by molar-refractivity contribution is -0.0185. The molecular weight excluding hydrogens is 291 g/mol. The van der Waals surface area contributed by atoms with Crippen molar-refractivity contribution >= 4 is 5.91 Å². The van der Waals surface area contributed by atoms with E-state index in [9.17, 15) is 14.3 Å². The highest BCUT2D eigenvalue weighted by atomic mass is 19.1. The normalized spacial score (nSPS) is 18.3. The Bertz CT molecular complexity index is 512. The summed E-state index contributed by atoms with van der Waals surface area (Å²) in [6.07, 6.45) is 0.641. The Labute approximate surface area is 128 Å². The largest absolute Gasteiger partial charge is 0.493 e. The van der Waals surface area contributed by atoms with E-state index in [-0.39, 0.29) is 24.7 Å². The van der Waals surface area contributed by atoms with Crippen LogP contribution in [0.1, 0.15) is 16.8 Å². The lowest BCUT2D eigenvalue weighted by atomic mass is 10.1. The van der Waals surface area contributed by atoms with Gasteiger partial charge in [0.25, 0.3) is 5.91 Å². The molecule has 1 aliphatic heterocycles. The van der Waals surface area contributed by atoms with E-state index < -0.39 is 11.9 Å². The minimum atomic E-state index is -0.511. The third kappa shape index (κ3) is 3.94. The van der Waals surface area contributed by atoms with E-state index in [0.717, 1.165) is 6.07 Å². The first-order chi connectivity index (χ1) is 10.7. The molecule has 1 amide bonds. The van der Waals surface area contributed by atoms with Crippen molar-refractivity contribution in [2.45, 2.75) is 12.5 Å². The van der Waals surface area contributed by atoms with Gasteiger partial charge in [0.15, 0.2) is 0 Å². The molecule has 0 unspecified atom stereocenters. The Morgan fingerprint density at radius 3 is 3.09 bits per heavy atom. The van der Waals surface area contributed by atoms with Crippen LogP contribution in [0.15, 0.2) is 18.2 Å². The van der Waals surface area contributed by atoms with Crippen LogP contribution in [0.25, 0.3) is 0 Å². The van der Waals surface area contributed by atoms with Gasteiger partial charge >= 0.3 is 0 Å². The van der Waals surface area contributed by atoms with Gasteiger partial charge in [0.2, 0.25) is 0 Å². The minimum Gasteiger partial charge on any atom is -0.493 e. The summed E-state index contributed by atoms with van der Waals surface area (Å²) in [5, 5.41) is 9.36. The van der Waals surface area contributed by atoms with Crippen LogP contribution >= 0.6 is 0 Å². The number of rotatable bonds is 6. The van der Waals surface area contributed by atoms with Gasteiger partial charge in [-0.3, -0.25) is 4.79 Å². The maximum atomic E-state index is 13.5. The summed E-state index contributed by atoms with van der Waals surface area (Å²) in [5.41, 5.74) is 5.56. The highest BCUT2D eigenvalue weighted by molar-refractivity contribution is 5.97. The van der Waals surface area contributed by atoms with Crippen molar-refractivity contribution in [2.24, 2.45) is 5.73 Å². The smallest absolute Gasteiger partial charge is 0.258 e. The first kappa shape index (κ1) is 16.7. The minimum absolute atomic E-state index is 0.150. The fraction of sp³-hybridized carbons (Fsp3) is 0.533. The van der Waals surface area contributed by atoms with Crippen molar-refractivity contribution in [1.29, 1.82) is 0 Å². The third-order valence-corrected chi connectivity index (χ3v) is 3.48. The van der Waals surface area contributed by atoms with Gasteiger partial charge in [-0.05, 0) is 31.2 Å². The third-order valence-electron chi connectivity index (χ3n) is 3.48. The maximum Gasteiger partial charge on any atom is 0.258 e. The van der Waals surface area contributed by atoms with Gasteiger partial charge in [0.05, 0.1) is 38.0 Å². The number of carbonyl (C=O) groups is 1. The Kier molecular flexibility index (Phi) is 6.11. The quantitative estimate of drug-likeness (QED) is 0.742. The molecule has 1 saturated heterocycles. The van der Waals surface area contributed by atoms with Gasteiger partial charge in [-0.25, -0.2) is 4.39 Å². The first-order valence-electron chi connectivity index (χ1n) is 7.29. The van der Waals surface area contributed by atoms with Crippen LogP contribution in [0, 0.1) is 5.82 Å². The molecule has 122 valence electrons. The molecule has 7 heteroatoms. The predicted octanol–water partition coefficient (Wildman–Crippen LogP) is 0.387. The summed E-state index contributed by atoms with van der Waals surface area (Å²) < 4.78 is 24.3. The van der Waals surface area contributed by atoms with Crippen molar-refractivity contribution in [3.8, 4) is 5.75 Å². The van der Waals surface area contributed by atoms with Gasteiger partial charge in [0, 0.05) is 6.54 Å². The molecule has 0 saturated carbocycles. The second kappa shape index (κ2) is 8.07. The number of hydrogen-bond donors (Lipinski definition) is 2. The number of nitrogens with two attached hydrogens (primary N) is 1. The molecule has 0 bridgehead atoms. The van der Waals surface area contributed by atoms with E-state index in [4.69, 9.17) is 15.2 Å². The molecule has 6 nitrogen and oxygen atoms in total. The average molecular weight is 312 g/mol. The fourth-order valence-corrected chi connectivity index (χ4v) is 2.29. The van der Waals surface area contributed by atoms with E-state index in [1.165, 1.54) is 17.0 Å². The highest BCUT2D eigenvalue weighted by Gasteiger charge is 2.29. The molecule has 1 aliphatic rings. The Hall–Kier alpha value is -1.70. The number of carbonyl (C=O) groups excluding carboxylic acids is 1. The SMILES string of the molecule is NCCCOc1ccc(F)cc1C(=O)N1CCOC[C@H]1CO. The number of nitrogens with zero attached hydrogens (tertiary/aromatic N) is 1.